The van der Waals surface area contributed by atoms with Crippen LogP contribution in [0.25, 0.3) is 10.9 Å². The minimum atomic E-state index is -0.512. The van der Waals surface area contributed by atoms with Gasteiger partial charge >= 0.3 is 0 Å². The van der Waals surface area contributed by atoms with Gasteiger partial charge in [-0.1, -0.05) is 15.9 Å². The molecule has 2 aromatic carbocycles. The Morgan fingerprint density at radius 2 is 1.85 bits per heavy atom. The number of benzene rings is 2. The number of nitrogens with zero attached hydrogens (tertiary/aromatic N) is 2. The third kappa shape index (κ3) is 2.55. The van der Waals surface area contributed by atoms with E-state index >= 15 is 0 Å². The molecule has 6 nitrogen and oxygen atoms in total. The van der Waals surface area contributed by atoms with Gasteiger partial charge in [-0.15, -0.1) is 0 Å². The van der Waals surface area contributed by atoms with Gasteiger partial charge < -0.3 is 0 Å². The Hall–Kier alpha value is -2.80. The number of fused-ring (bicyclic) bond motifs is 3. The summed E-state index contributed by atoms with van der Waals surface area (Å²) in [6, 6.07) is 11.0. The second kappa shape index (κ2) is 6.17. The minimum absolute atomic E-state index is 0.0474. The molecular weight excluding hydrogens is 400 g/mol. The van der Waals surface area contributed by atoms with E-state index in [0.717, 1.165) is 28.3 Å². The quantitative estimate of drug-likeness (QED) is 0.457. The van der Waals surface area contributed by atoms with Crippen molar-refractivity contribution in [2.75, 3.05) is 0 Å². The van der Waals surface area contributed by atoms with E-state index in [4.69, 9.17) is 0 Å². The summed E-state index contributed by atoms with van der Waals surface area (Å²) >= 11 is 3.45. The molecule has 130 valence electrons. The fraction of sp³-hybridized carbons (Fsp3) is 0.158. The Labute approximate surface area is 156 Å². The van der Waals surface area contributed by atoms with Crippen LogP contribution in [0, 0.1) is 10.1 Å². The molecule has 0 aliphatic heterocycles. The summed E-state index contributed by atoms with van der Waals surface area (Å²) < 4.78 is 2.34. The van der Waals surface area contributed by atoms with E-state index in [0.29, 0.717) is 23.2 Å². The number of nitro groups is 1. The lowest BCUT2D eigenvalue weighted by atomic mass is 9.94. The van der Waals surface area contributed by atoms with Crippen molar-refractivity contribution in [2.24, 2.45) is 0 Å². The summed E-state index contributed by atoms with van der Waals surface area (Å²) in [5.74, 6) is -0.405. The number of Topliss-reactive ketones (excluding diaryl/α,β-unsaturated/α-hetero) is 1. The third-order valence-electron chi connectivity index (χ3n) is 4.66. The van der Waals surface area contributed by atoms with Crippen LogP contribution in [0.4, 0.5) is 5.69 Å². The number of ketones is 1. The summed E-state index contributed by atoms with van der Waals surface area (Å²) in [5, 5.41) is 11.7. The molecule has 0 fully saturated rings. The molecule has 7 heteroatoms. The van der Waals surface area contributed by atoms with Gasteiger partial charge in [0.2, 0.25) is 0 Å². The SMILES string of the molecule is O=C1CCCc2c1n(C(=O)c1ccc([N+](=O)[O-])cc1)c1ccc(Br)cc21. The van der Waals surface area contributed by atoms with Crippen molar-refractivity contribution in [3.05, 3.63) is 73.9 Å². The van der Waals surface area contributed by atoms with Crippen LogP contribution in [0.5, 0.6) is 0 Å². The maximum absolute atomic E-state index is 13.1. The first-order chi connectivity index (χ1) is 12.5. The molecule has 0 saturated carbocycles. The number of rotatable bonds is 2. The zero-order chi connectivity index (χ0) is 18.4. The minimum Gasteiger partial charge on any atom is -0.293 e. The molecule has 1 heterocycles. The Morgan fingerprint density at radius 3 is 2.54 bits per heavy atom. The Balaban J connectivity index is 1.93. The highest BCUT2D eigenvalue weighted by molar-refractivity contribution is 9.10. The maximum Gasteiger partial charge on any atom is 0.269 e. The molecule has 0 bridgehead atoms. The van der Waals surface area contributed by atoms with E-state index in [1.54, 1.807) is 0 Å². The molecule has 1 aromatic heterocycles. The number of aryl methyl sites for hydroxylation is 1. The summed E-state index contributed by atoms with van der Waals surface area (Å²) in [5.41, 5.74) is 2.23. The topological polar surface area (TPSA) is 82.2 Å². The molecule has 26 heavy (non-hydrogen) atoms. The van der Waals surface area contributed by atoms with Crippen LogP contribution in [-0.4, -0.2) is 21.2 Å². The number of carbonyl (C=O) groups is 2. The van der Waals surface area contributed by atoms with Crippen LogP contribution in [-0.2, 0) is 6.42 Å². The number of nitro benzene ring substituents is 1. The van der Waals surface area contributed by atoms with E-state index in [-0.39, 0.29) is 17.4 Å². The molecule has 0 N–H and O–H groups in total. The first-order valence-corrected chi connectivity index (χ1v) is 8.92. The Bertz CT molecular complexity index is 1080. The Kier molecular flexibility index (Phi) is 3.96. The number of non-ortho nitro benzene ring substituents is 1. The van der Waals surface area contributed by atoms with E-state index in [1.165, 1.54) is 28.8 Å². The normalized spacial score (nSPS) is 13.7. The molecule has 1 aliphatic rings. The van der Waals surface area contributed by atoms with Gasteiger partial charge in [0.25, 0.3) is 11.6 Å². The highest BCUT2D eigenvalue weighted by Crippen LogP contribution is 2.34. The predicted molar refractivity (Wildman–Crippen MR) is 99.7 cm³/mol. The fourth-order valence-electron chi connectivity index (χ4n) is 3.48. The van der Waals surface area contributed by atoms with Gasteiger partial charge in [-0.25, -0.2) is 0 Å². The van der Waals surface area contributed by atoms with Crippen molar-refractivity contribution < 1.29 is 14.5 Å². The molecule has 1 aliphatic carbocycles. The maximum atomic E-state index is 13.1. The van der Waals surface area contributed by atoms with Crippen molar-refractivity contribution >= 4 is 44.2 Å². The van der Waals surface area contributed by atoms with Crippen LogP contribution in [0.1, 0.15) is 39.3 Å². The fourth-order valence-corrected chi connectivity index (χ4v) is 3.84. The lowest BCUT2D eigenvalue weighted by Gasteiger charge is -2.14. The van der Waals surface area contributed by atoms with E-state index in [1.807, 2.05) is 18.2 Å². The van der Waals surface area contributed by atoms with Crippen molar-refractivity contribution in [2.45, 2.75) is 19.3 Å². The molecule has 0 spiro atoms. The lowest BCUT2D eigenvalue weighted by molar-refractivity contribution is -0.384. The summed E-state index contributed by atoms with van der Waals surface area (Å²) in [6.07, 6.45) is 1.93. The monoisotopic (exact) mass is 412 g/mol. The number of carbonyl (C=O) groups excluding carboxylic acids is 2. The van der Waals surface area contributed by atoms with Gasteiger partial charge in [0.05, 0.1) is 16.1 Å². The number of hydrogen-bond donors (Lipinski definition) is 0. The Morgan fingerprint density at radius 1 is 1.12 bits per heavy atom. The second-order valence-electron chi connectivity index (χ2n) is 6.21. The smallest absolute Gasteiger partial charge is 0.269 e. The molecule has 0 saturated heterocycles. The van der Waals surface area contributed by atoms with Crippen LogP contribution < -0.4 is 0 Å². The molecule has 0 amide bonds. The third-order valence-corrected chi connectivity index (χ3v) is 5.15. The van der Waals surface area contributed by atoms with Gasteiger partial charge in [-0.05, 0) is 48.7 Å². The van der Waals surface area contributed by atoms with Gasteiger partial charge in [0.1, 0.15) is 0 Å². The zero-order valence-electron chi connectivity index (χ0n) is 13.6. The van der Waals surface area contributed by atoms with Crippen molar-refractivity contribution in [3.8, 4) is 0 Å². The summed E-state index contributed by atoms with van der Waals surface area (Å²) in [4.78, 5) is 36.0. The van der Waals surface area contributed by atoms with Gasteiger partial charge in [-0.3, -0.25) is 24.3 Å². The van der Waals surface area contributed by atoms with Gasteiger partial charge in [0, 0.05) is 34.0 Å². The van der Waals surface area contributed by atoms with Crippen LogP contribution in [0.15, 0.2) is 46.9 Å². The average molecular weight is 413 g/mol. The number of hydrogen-bond acceptors (Lipinski definition) is 4. The molecular formula is C19H13BrN2O4. The number of aromatic nitrogens is 1. The molecule has 4 rings (SSSR count). The van der Waals surface area contributed by atoms with Crippen molar-refractivity contribution in [1.82, 2.24) is 4.57 Å². The van der Waals surface area contributed by atoms with E-state index in [9.17, 15) is 19.7 Å². The highest BCUT2D eigenvalue weighted by atomic mass is 79.9. The van der Waals surface area contributed by atoms with Crippen molar-refractivity contribution in [3.63, 3.8) is 0 Å². The molecule has 0 radical (unpaired) electrons. The highest BCUT2D eigenvalue weighted by Gasteiger charge is 2.29. The summed E-state index contributed by atoms with van der Waals surface area (Å²) in [6.45, 7) is 0. The number of halogens is 1. The van der Waals surface area contributed by atoms with Crippen LogP contribution in [0.2, 0.25) is 0 Å². The average Bonchev–Trinajstić information content (AvgIpc) is 2.96. The van der Waals surface area contributed by atoms with Crippen LogP contribution in [0.3, 0.4) is 0 Å². The standard InChI is InChI=1S/C19H13BrN2O4/c20-12-6-9-16-15(10-12)14-2-1-3-17(23)18(14)21(16)19(24)11-4-7-13(8-5-11)22(25)26/h4-10H,1-3H2. The van der Waals surface area contributed by atoms with Crippen molar-refractivity contribution in [1.29, 1.82) is 0 Å². The largest absolute Gasteiger partial charge is 0.293 e. The first kappa shape index (κ1) is 16.7. The van der Waals surface area contributed by atoms with Gasteiger partial charge in [-0.2, -0.15) is 0 Å². The summed E-state index contributed by atoms with van der Waals surface area (Å²) in [7, 11) is 0. The molecule has 3 aromatic rings. The first-order valence-electron chi connectivity index (χ1n) is 8.12. The van der Waals surface area contributed by atoms with E-state index < -0.39 is 4.92 Å². The molecule has 0 atom stereocenters. The molecule has 0 unspecified atom stereocenters. The van der Waals surface area contributed by atoms with Crippen LogP contribution >= 0.6 is 15.9 Å². The zero-order valence-corrected chi connectivity index (χ0v) is 15.2. The second-order valence-corrected chi connectivity index (χ2v) is 7.13. The lowest BCUT2D eigenvalue weighted by Crippen LogP contribution is -2.21. The predicted octanol–water partition coefficient (Wildman–Crippen LogP) is 4.52. The van der Waals surface area contributed by atoms with Gasteiger partial charge in [0.15, 0.2) is 5.78 Å². The van der Waals surface area contributed by atoms with E-state index in [2.05, 4.69) is 15.9 Å².